The van der Waals surface area contributed by atoms with Crippen molar-refractivity contribution in [2.24, 2.45) is 0 Å². The number of rotatable bonds is 8. The van der Waals surface area contributed by atoms with Gasteiger partial charge in [0.25, 0.3) is 11.8 Å². The molecule has 152 valence electrons. The number of fused-ring (bicyclic) bond motifs is 1. The molecule has 29 heavy (non-hydrogen) atoms. The van der Waals surface area contributed by atoms with Crippen LogP contribution in [0, 0.1) is 0 Å². The van der Waals surface area contributed by atoms with Crippen molar-refractivity contribution in [3.05, 3.63) is 65.2 Å². The molecule has 0 radical (unpaired) electrons. The van der Waals surface area contributed by atoms with Crippen molar-refractivity contribution in [1.29, 1.82) is 0 Å². The Balaban J connectivity index is 1.81. The Morgan fingerprint density at radius 1 is 1.03 bits per heavy atom. The van der Waals surface area contributed by atoms with E-state index in [1.807, 2.05) is 18.4 Å². The third kappa shape index (κ3) is 4.37. The molecule has 1 heterocycles. The van der Waals surface area contributed by atoms with Crippen molar-refractivity contribution in [2.75, 3.05) is 12.0 Å². The molecule has 0 spiro atoms. The van der Waals surface area contributed by atoms with Crippen LogP contribution in [0.3, 0.4) is 0 Å². The van der Waals surface area contributed by atoms with E-state index in [0.29, 0.717) is 35.0 Å². The molecule has 3 rings (SSSR count). The first-order valence-electron chi connectivity index (χ1n) is 9.75. The summed E-state index contributed by atoms with van der Waals surface area (Å²) < 4.78 is 5.56. The van der Waals surface area contributed by atoms with Gasteiger partial charge in [0.15, 0.2) is 0 Å². The number of carbonyl (C=O) groups excluding carboxylic acids is 3. The number of hydrogen-bond acceptors (Lipinski definition) is 5. The summed E-state index contributed by atoms with van der Waals surface area (Å²) in [5, 5.41) is 0. The highest BCUT2D eigenvalue weighted by molar-refractivity contribution is 7.98. The number of hydrogen-bond donors (Lipinski definition) is 0. The van der Waals surface area contributed by atoms with Crippen LogP contribution < -0.4 is 4.74 Å². The van der Waals surface area contributed by atoms with E-state index in [9.17, 15) is 14.4 Å². The molecule has 2 atom stereocenters. The Morgan fingerprint density at radius 2 is 1.62 bits per heavy atom. The van der Waals surface area contributed by atoms with Gasteiger partial charge in [0.1, 0.15) is 11.8 Å². The number of carbonyl (C=O) groups is 3. The fourth-order valence-corrected chi connectivity index (χ4v) is 3.82. The van der Waals surface area contributed by atoms with Crippen LogP contribution in [0.25, 0.3) is 0 Å². The summed E-state index contributed by atoms with van der Waals surface area (Å²) in [7, 11) is 0. The number of thioether (sulfide) groups is 1. The molecule has 0 saturated heterocycles. The molecule has 0 aromatic heterocycles. The van der Waals surface area contributed by atoms with Crippen molar-refractivity contribution in [1.82, 2.24) is 4.90 Å². The molecule has 2 aromatic carbocycles. The molecule has 0 saturated carbocycles. The molecule has 6 heteroatoms. The van der Waals surface area contributed by atoms with Gasteiger partial charge in [-0.2, -0.15) is 11.8 Å². The van der Waals surface area contributed by atoms with Gasteiger partial charge in [0, 0.05) is 0 Å². The maximum Gasteiger partial charge on any atom is 0.334 e. The normalized spacial score (nSPS) is 15.2. The minimum Gasteiger partial charge on any atom is -0.425 e. The minimum atomic E-state index is -0.955. The summed E-state index contributed by atoms with van der Waals surface area (Å²) in [6, 6.07) is 13.1. The highest BCUT2D eigenvalue weighted by atomic mass is 32.2. The number of nitrogens with zero attached hydrogens (tertiary/aromatic N) is 1. The molecular weight excluding hydrogens is 386 g/mol. The molecule has 1 aliphatic heterocycles. The second-order valence-corrected chi connectivity index (χ2v) is 8.11. The van der Waals surface area contributed by atoms with Gasteiger partial charge < -0.3 is 4.74 Å². The number of benzene rings is 2. The van der Waals surface area contributed by atoms with Crippen molar-refractivity contribution < 1.29 is 19.1 Å². The van der Waals surface area contributed by atoms with Crippen LogP contribution in [0.15, 0.2) is 48.5 Å². The van der Waals surface area contributed by atoms with Gasteiger partial charge in [-0.15, -0.1) is 0 Å². The summed E-state index contributed by atoms with van der Waals surface area (Å²) >= 11 is 1.55. The molecule has 2 aromatic rings. The molecule has 0 aliphatic carbocycles. The number of amides is 2. The first kappa shape index (κ1) is 21.1. The van der Waals surface area contributed by atoms with Crippen LogP contribution in [-0.2, 0) is 4.79 Å². The van der Waals surface area contributed by atoms with E-state index in [-0.39, 0.29) is 0 Å². The van der Waals surface area contributed by atoms with Gasteiger partial charge in [-0.3, -0.25) is 14.5 Å². The largest absolute Gasteiger partial charge is 0.425 e. The number of esters is 1. The van der Waals surface area contributed by atoms with Crippen LogP contribution in [0.2, 0.25) is 0 Å². The first-order chi connectivity index (χ1) is 14.0. The quantitative estimate of drug-likeness (QED) is 0.363. The lowest BCUT2D eigenvalue weighted by molar-refractivity contribution is -0.138. The average Bonchev–Trinajstić information content (AvgIpc) is 2.99. The third-order valence-electron chi connectivity index (χ3n) is 5.28. The van der Waals surface area contributed by atoms with Crippen molar-refractivity contribution >= 4 is 29.5 Å². The molecule has 0 unspecified atom stereocenters. The van der Waals surface area contributed by atoms with Gasteiger partial charge in [0.2, 0.25) is 0 Å². The highest BCUT2D eigenvalue weighted by Crippen LogP contribution is 2.27. The van der Waals surface area contributed by atoms with Crippen LogP contribution in [0.1, 0.15) is 58.9 Å². The molecule has 0 bridgehead atoms. The molecule has 5 nitrogen and oxygen atoms in total. The average molecular weight is 412 g/mol. The monoisotopic (exact) mass is 411 g/mol. The molecule has 0 N–H and O–H groups in total. The van der Waals surface area contributed by atoms with E-state index in [1.54, 1.807) is 48.2 Å². The van der Waals surface area contributed by atoms with Gasteiger partial charge in [0.05, 0.1) is 11.1 Å². The van der Waals surface area contributed by atoms with Crippen molar-refractivity contribution in [2.45, 2.75) is 38.6 Å². The van der Waals surface area contributed by atoms with Crippen molar-refractivity contribution in [3.63, 3.8) is 0 Å². The topological polar surface area (TPSA) is 63.7 Å². The maximum atomic E-state index is 12.9. The zero-order valence-electron chi connectivity index (χ0n) is 16.9. The Kier molecular flexibility index (Phi) is 6.75. The highest BCUT2D eigenvalue weighted by Gasteiger charge is 2.43. The third-order valence-corrected chi connectivity index (χ3v) is 5.93. The van der Waals surface area contributed by atoms with E-state index in [0.717, 1.165) is 11.3 Å². The summed E-state index contributed by atoms with van der Waals surface area (Å²) in [6.45, 7) is 4.26. The van der Waals surface area contributed by atoms with Crippen molar-refractivity contribution in [3.8, 4) is 5.75 Å². The Labute approximate surface area is 175 Å². The van der Waals surface area contributed by atoms with E-state index in [2.05, 4.69) is 13.8 Å². The predicted octanol–water partition coefficient (Wildman–Crippen LogP) is 4.52. The second-order valence-electron chi connectivity index (χ2n) is 7.12. The molecule has 2 amide bonds. The van der Waals surface area contributed by atoms with E-state index < -0.39 is 23.8 Å². The van der Waals surface area contributed by atoms with Crippen LogP contribution >= 0.6 is 11.8 Å². The molecular formula is C23H25NO4S. The van der Waals surface area contributed by atoms with E-state index in [4.69, 9.17) is 4.74 Å². The molecule has 0 fully saturated rings. The van der Waals surface area contributed by atoms with E-state index >= 15 is 0 Å². The Hall–Kier alpha value is -2.60. The van der Waals surface area contributed by atoms with Crippen LogP contribution in [0.4, 0.5) is 0 Å². The zero-order chi connectivity index (χ0) is 21.0. The summed E-state index contributed by atoms with van der Waals surface area (Å²) in [4.78, 5) is 39.6. The smallest absolute Gasteiger partial charge is 0.334 e. The summed E-state index contributed by atoms with van der Waals surface area (Å²) in [5.74, 6) is -0.0215. The van der Waals surface area contributed by atoms with Crippen LogP contribution in [-0.4, -0.2) is 40.7 Å². The minimum absolute atomic E-state index is 0.331. The predicted molar refractivity (Wildman–Crippen MR) is 115 cm³/mol. The zero-order valence-corrected chi connectivity index (χ0v) is 17.7. The fraction of sp³-hybridized carbons (Fsp3) is 0.348. The summed E-state index contributed by atoms with van der Waals surface area (Å²) in [5.41, 5.74) is 1.83. The lowest BCUT2D eigenvalue weighted by Gasteiger charge is -2.24. The van der Waals surface area contributed by atoms with Gasteiger partial charge >= 0.3 is 5.97 Å². The molecule has 1 aliphatic rings. The van der Waals surface area contributed by atoms with Crippen LogP contribution in [0.5, 0.6) is 5.75 Å². The van der Waals surface area contributed by atoms with Gasteiger partial charge in [-0.05, 0) is 60.6 Å². The Bertz CT molecular complexity index is 874. The van der Waals surface area contributed by atoms with E-state index in [1.165, 1.54) is 5.56 Å². The second kappa shape index (κ2) is 9.27. The summed E-state index contributed by atoms with van der Waals surface area (Å²) in [6.07, 6.45) is 3.28. The number of imide groups is 1. The number of ether oxygens (including phenoxy) is 1. The SMILES string of the molecule is CC[C@H](C)c1ccc(OC(=O)[C@@H](CCSC)N2C(=O)c3ccccc3C2=O)cc1. The first-order valence-corrected chi connectivity index (χ1v) is 11.1. The maximum absolute atomic E-state index is 12.9. The lowest BCUT2D eigenvalue weighted by Crippen LogP contribution is -2.47. The standard InChI is InChI=1S/C23H25NO4S/c1-4-15(2)16-9-11-17(12-10-16)28-23(27)20(13-14-29-3)24-21(25)18-7-5-6-8-19(18)22(24)26/h5-12,15,20H,4,13-14H2,1-3H3/t15-,20+/m0/s1. The van der Waals surface area contributed by atoms with Gasteiger partial charge in [-0.1, -0.05) is 38.1 Å². The Morgan fingerprint density at radius 3 is 2.14 bits per heavy atom. The van der Waals surface area contributed by atoms with Gasteiger partial charge in [-0.25, -0.2) is 4.79 Å². The lowest BCUT2D eigenvalue weighted by atomic mass is 9.99. The fourth-order valence-electron chi connectivity index (χ4n) is 3.36.